The molecule has 0 unspecified atom stereocenters. The maximum atomic E-state index is 12.9. The molecule has 3 amide bonds. The largest absolute Gasteiger partial charge is 0.480 e. The van der Waals surface area contributed by atoms with Crippen molar-refractivity contribution in [2.24, 2.45) is 0 Å². The number of benzene rings is 1. The summed E-state index contributed by atoms with van der Waals surface area (Å²) in [7, 11) is 0. The number of rotatable bonds is 13. The number of thiophene rings is 1. The number of aromatic nitrogens is 1. The van der Waals surface area contributed by atoms with Gasteiger partial charge in [-0.2, -0.15) is 0 Å². The van der Waals surface area contributed by atoms with E-state index in [1.54, 1.807) is 51.2 Å². The van der Waals surface area contributed by atoms with Gasteiger partial charge >= 0.3 is 18.2 Å². The summed E-state index contributed by atoms with van der Waals surface area (Å²) in [6.45, 7) is 6.05. The molecule has 2 aromatic heterocycles. The Bertz CT molecular complexity index is 1330. The number of carboxylic acid groups (broad SMARTS) is 1. The van der Waals surface area contributed by atoms with Crippen molar-refractivity contribution >= 4 is 35.4 Å². The first kappa shape index (κ1) is 32.1. The summed E-state index contributed by atoms with van der Waals surface area (Å²) in [5.41, 5.74) is 0.842. The molecule has 0 aliphatic carbocycles. The minimum absolute atomic E-state index is 0.106. The van der Waals surface area contributed by atoms with E-state index in [1.165, 1.54) is 4.90 Å². The van der Waals surface area contributed by atoms with Crippen LogP contribution in [-0.4, -0.2) is 57.2 Å². The molecule has 0 bridgehead atoms. The Morgan fingerprint density at radius 1 is 1.00 bits per heavy atom. The SMILES string of the molecule is CC(C)(C)OC(=O)N(Cc1ccccn1)Cc1ccc(C(=O)N[C@@H](CCCNC(=O)OCc2ccccc2)C(=O)O)s1. The fourth-order valence-electron chi connectivity index (χ4n) is 3.73. The Balaban J connectivity index is 1.51. The zero-order chi connectivity index (χ0) is 30.5. The number of hydrogen-bond donors (Lipinski definition) is 3. The van der Waals surface area contributed by atoms with Crippen molar-refractivity contribution < 1.29 is 33.8 Å². The molecule has 11 nitrogen and oxygen atoms in total. The van der Waals surface area contributed by atoms with Crippen LogP contribution in [0.5, 0.6) is 0 Å². The van der Waals surface area contributed by atoms with Crippen LogP contribution in [0, 0.1) is 0 Å². The fraction of sp³-hybridized carbons (Fsp3) is 0.367. The molecule has 1 aromatic carbocycles. The van der Waals surface area contributed by atoms with Crippen LogP contribution >= 0.6 is 11.3 Å². The van der Waals surface area contributed by atoms with E-state index in [2.05, 4.69) is 15.6 Å². The molecule has 0 radical (unpaired) electrons. The van der Waals surface area contributed by atoms with Crippen molar-refractivity contribution in [1.29, 1.82) is 0 Å². The van der Waals surface area contributed by atoms with Gasteiger partial charge in [-0.05, 0) is 63.4 Å². The third-order valence-electron chi connectivity index (χ3n) is 5.72. The Morgan fingerprint density at radius 2 is 1.74 bits per heavy atom. The van der Waals surface area contributed by atoms with Crippen LogP contribution in [0.2, 0.25) is 0 Å². The highest BCUT2D eigenvalue weighted by Gasteiger charge is 2.25. The standard InChI is InChI=1S/C30H36N4O7S/c1-30(2,3)41-29(39)34(18-22-12-7-8-16-31-22)19-23-14-15-25(42-23)26(35)33-24(27(36)37)13-9-17-32-28(38)40-20-21-10-5-4-6-11-21/h4-8,10-12,14-16,24H,9,13,17-20H2,1-3H3,(H,32,38)(H,33,35)(H,36,37)/t24-/m0/s1. The number of carbonyl (C=O) groups is 4. The lowest BCUT2D eigenvalue weighted by Gasteiger charge is -2.27. The van der Waals surface area contributed by atoms with Gasteiger partial charge in [-0.25, -0.2) is 14.4 Å². The number of carbonyl (C=O) groups excluding carboxylic acids is 3. The summed E-state index contributed by atoms with van der Waals surface area (Å²) in [6.07, 6.45) is 0.934. The van der Waals surface area contributed by atoms with E-state index in [9.17, 15) is 24.3 Å². The summed E-state index contributed by atoms with van der Waals surface area (Å²) in [5.74, 6) is -1.72. The van der Waals surface area contributed by atoms with Crippen molar-refractivity contribution in [2.45, 2.75) is 65.0 Å². The van der Waals surface area contributed by atoms with Crippen molar-refractivity contribution in [3.63, 3.8) is 0 Å². The summed E-state index contributed by atoms with van der Waals surface area (Å²) in [5, 5.41) is 14.7. The molecule has 12 heteroatoms. The van der Waals surface area contributed by atoms with E-state index in [0.29, 0.717) is 21.9 Å². The first-order valence-corrected chi connectivity index (χ1v) is 14.3. The molecule has 1 atom stereocenters. The van der Waals surface area contributed by atoms with E-state index in [0.717, 1.165) is 16.9 Å². The lowest BCUT2D eigenvalue weighted by molar-refractivity contribution is -0.139. The number of nitrogens with one attached hydrogen (secondary N) is 2. The van der Waals surface area contributed by atoms with Crippen LogP contribution in [0.1, 0.15) is 59.4 Å². The predicted molar refractivity (Wildman–Crippen MR) is 157 cm³/mol. The minimum Gasteiger partial charge on any atom is -0.480 e. The van der Waals surface area contributed by atoms with Crippen molar-refractivity contribution in [1.82, 2.24) is 20.5 Å². The second-order valence-electron chi connectivity index (χ2n) is 10.4. The summed E-state index contributed by atoms with van der Waals surface area (Å²) in [6, 6.07) is 16.8. The third-order valence-corrected chi connectivity index (χ3v) is 6.79. The number of hydrogen-bond acceptors (Lipinski definition) is 8. The Kier molecular flexibility index (Phi) is 11.9. The number of aliphatic carboxylic acids is 1. The maximum Gasteiger partial charge on any atom is 0.410 e. The first-order chi connectivity index (χ1) is 20.0. The molecule has 0 saturated carbocycles. The summed E-state index contributed by atoms with van der Waals surface area (Å²) < 4.78 is 10.7. The van der Waals surface area contributed by atoms with Crippen molar-refractivity contribution in [3.05, 3.63) is 87.9 Å². The molecule has 42 heavy (non-hydrogen) atoms. The van der Waals surface area contributed by atoms with Crippen LogP contribution in [0.4, 0.5) is 9.59 Å². The number of ether oxygens (including phenoxy) is 2. The molecule has 224 valence electrons. The average Bonchev–Trinajstić information content (AvgIpc) is 3.42. The van der Waals surface area contributed by atoms with Gasteiger partial charge in [0.2, 0.25) is 0 Å². The second kappa shape index (κ2) is 15.5. The van der Waals surface area contributed by atoms with Crippen LogP contribution in [0.15, 0.2) is 66.9 Å². The van der Waals surface area contributed by atoms with Gasteiger partial charge in [0.15, 0.2) is 0 Å². The normalized spacial score (nSPS) is 11.7. The van der Waals surface area contributed by atoms with E-state index < -0.39 is 35.7 Å². The second-order valence-corrected chi connectivity index (χ2v) is 11.6. The molecule has 0 spiro atoms. The Labute approximate surface area is 248 Å². The summed E-state index contributed by atoms with van der Waals surface area (Å²) in [4.78, 5) is 56.2. The van der Waals surface area contributed by atoms with Crippen LogP contribution in [0.3, 0.4) is 0 Å². The predicted octanol–water partition coefficient (Wildman–Crippen LogP) is 4.97. The van der Waals surface area contributed by atoms with Crippen LogP contribution < -0.4 is 10.6 Å². The molecule has 0 aliphatic heterocycles. The van der Waals surface area contributed by atoms with E-state index >= 15 is 0 Å². The molecule has 3 N–H and O–H groups in total. The molecule has 3 rings (SSSR count). The highest BCUT2D eigenvalue weighted by molar-refractivity contribution is 7.14. The highest BCUT2D eigenvalue weighted by atomic mass is 32.1. The monoisotopic (exact) mass is 596 g/mol. The van der Waals surface area contributed by atoms with Gasteiger partial charge < -0.3 is 25.2 Å². The van der Waals surface area contributed by atoms with Gasteiger partial charge in [0.25, 0.3) is 5.91 Å². The van der Waals surface area contributed by atoms with Gasteiger partial charge in [0, 0.05) is 17.6 Å². The first-order valence-electron chi connectivity index (χ1n) is 13.4. The molecular formula is C30H36N4O7S. The molecule has 0 fully saturated rings. The molecule has 0 aliphatic rings. The highest BCUT2D eigenvalue weighted by Crippen LogP contribution is 2.21. The van der Waals surface area contributed by atoms with Gasteiger partial charge in [-0.3, -0.25) is 14.7 Å². The zero-order valence-corrected chi connectivity index (χ0v) is 24.7. The maximum absolute atomic E-state index is 12.9. The van der Waals surface area contributed by atoms with Gasteiger partial charge in [-0.15, -0.1) is 11.3 Å². The smallest absolute Gasteiger partial charge is 0.410 e. The van der Waals surface area contributed by atoms with Crippen LogP contribution in [-0.2, 0) is 34.0 Å². The fourth-order valence-corrected chi connectivity index (χ4v) is 4.66. The molecule has 0 saturated heterocycles. The number of carboxylic acids is 1. The Morgan fingerprint density at radius 3 is 2.40 bits per heavy atom. The van der Waals surface area contributed by atoms with Crippen LogP contribution in [0.25, 0.3) is 0 Å². The van der Waals surface area contributed by atoms with E-state index in [-0.39, 0.29) is 32.7 Å². The van der Waals surface area contributed by atoms with Crippen molar-refractivity contribution in [2.75, 3.05) is 6.54 Å². The number of pyridine rings is 1. The van der Waals surface area contributed by atoms with E-state index in [4.69, 9.17) is 9.47 Å². The zero-order valence-electron chi connectivity index (χ0n) is 23.9. The molecule has 3 aromatic rings. The van der Waals surface area contributed by atoms with Crippen molar-refractivity contribution in [3.8, 4) is 0 Å². The lowest BCUT2D eigenvalue weighted by Crippen LogP contribution is -2.41. The minimum atomic E-state index is -1.18. The lowest BCUT2D eigenvalue weighted by atomic mass is 10.1. The van der Waals surface area contributed by atoms with E-state index in [1.807, 2.05) is 36.4 Å². The Hall–Kier alpha value is -4.45. The average molecular weight is 597 g/mol. The topological polar surface area (TPSA) is 147 Å². The third kappa shape index (κ3) is 11.2. The van der Waals surface area contributed by atoms with Gasteiger partial charge in [0.05, 0.1) is 23.7 Å². The van der Waals surface area contributed by atoms with Gasteiger partial charge in [-0.1, -0.05) is 36.4 Å². The summed E-state index contributed by atoms with van der Waals surface area (Å²) >= 11 is 1.16. The number of nitrogens with zero attached hydrogens (tertiary/aromatic N) is 2. The van der Waals surface area contributed by atoms with Gasteiger partial charge in [0.1, 0.15) is 18.2 Å². The number of alkyl carbamates (subject to hydrolysis) is 1. The number of amides is 3. The molecular weight excluding hydrogens is 560 g/mol. The molecule has 2 heterocycles. The quantitative estimate of drug-likeness (QED) is 0.234.